The van der Waals surface area contributed by atoms with Crippen molar-refractivity contribution in [1.29, 1.82) is 0 Å². The van der Waals surface area contributed by atoms with Gasteiger partial charge in [-0.15, -0.1) is 0 Å². The summed E-state index contributed by atoms with van der Waals surface area (Å²) in [7, 11) is 1.97. The zero-order valence-corrected chi connectivity index (χ0v) is 10.9. The summed E-state index contributed by atoms with van der Waals surface area (Å²) in [4.78, 5) is 0. The van der Waals surface area contributed by atoms with Crippen molar-refractivity contribution in [3.63, 3.8) is 0 Å². The topological polar surface area (TPSA) is 39.1 Å². The summed E-state index contributed by atoms with van der Waals surface area (Å²) in [5.41, 5.74) is 2.47. The number of hydrogen-bond donors (Lipinski definition) is 1. The number of hydrogen-bond acceptors (Lipinski definition) is 3. The SMILES string of the molecule is CCOCC(C)NC(C)c1cnn(C)c1C. The molecule has 92 valence electrons. The fourth-order valence-electron chi connectivity index (χ4n) is 1.80. The van der Waals surface area contributed by atoms with E-state index in [1.54, 1.807) is 0 Å². The molecule has 0 aromatic carbocycles. The van der Waals surface area contributed by atoms with Crippen molar-refractivity contribution >= 4 is 0 Å². The number of rotatable bonds is 6. The van der Waals surface area contributed by atoms with Crippen LogP contribution in [0.4, 0.5) is 0 Å². The van der Waals surface area contributed by atoms with Gasteiger partial charge in [-0.25, -0.2) is 0 Å². The van der Waals surface area contributed by atoms with Crippen LogP contribution >= 0.6 is 0 Å². The van der Waals surface area contributed by atoms with Crippen molar-refractivity contribution in [3.05, 3.63) is 17.5 Å². The van der Waals surface area contributed by atoms with E-state index in [0.29, 0.717) is 12.1 Å². The summed E-state index contributed by atoms with van der Waals surface area (Å²) >= 11 is 0. The highest BCUT2D eigenvalue weighted by Gasteiger charge is 2.13. The van der Waals surface area contributed by atoms with Crippen molar-refractivity contribution in [2.75, 3.05) is 13.2 Å². The molecular formula is C12H23N3O. The van der Waals surface area contributed by atoms with Crippen molar-refractivity contribution in [3.8, 4) is 0 Å². The van der Waals surface area contributed by atoms with Crippen LogP contribution in [0, 0.1) is 6.92 Å². The molecule has 0 aliphatic rings. The average molecular weight is 225 g/mol. The minimum atomic E-state index is 0.309. The largest absolute Gasteiger partial charge is 0.380 e. The summed E-state index contributed by atoms with van der Waals surface area (Å²) in [5, 5.41) is 7.76. The molecule has 0 spiro atoms. The Morgan fingerprint density at radius 3 is 2.69 bits per heavy atom. The Morgan fingerprint density at radius 2 is 2.19 bits per heavy atom. The molecule has 4 heteroatoms. The molecule has 2 atom stereocenters. The van der Waals surface area contributed by atoms with Crippen LogP contribution in [0.3, 0.4) is 0 Å². The fraction of sp³-hybridized carbons (Fsp3) is 0.750. The molecule has 1 aromatic rings. The van der Waals surface area contributed by atoms with Gasteiger partial charge in [0.2, 0.25) is 0 Å². The zero-order valence-electron chi connectivity index (χ0n) is 10.9. The summed E-state index contributed by atoms with van der Waals surface area (Å²) in [5.74, 6) is 0. The number of aromatic nitrogens is 2. The molecule has 0 amide bonds. The molecule has 0 saturated carbocycles. The van der Waals surface area contributed by atoms with E-state index >= 15 is 0 Å². The maximum Gasteiger partial charge on any atom is 0.0616 e. The molecule has 1 aromatic heterocycles. The Balaban J connectivity index is 2.52. The Hall–Kier alpha value is -0.870. The van der Waals surface area contributed by atoms with Crippen molar-refractivity contribution in [2.24, 2.45) is 7.05 Å². The van der Waals surface area contributed by atoms with Gasteiger partial charge in [0.05, 0.1) is 12.8 Å². The van der Waals surface area contributed by atoms with E-state index in [2.05, 4.69) is 31.2 Å². The van der Waals surface area contributed by atoms with Crippen molar-refractivity contribution < 1.29 is 4.74 Å². The first-order valence-electron chi connectivity index (χ1n) is 5.88. The molecule has 1 rings (SSSR count). The van der Waals surface area contributed by atoms with Gasteiger partial charge in [-0.05, 0) is 27.7 Å². The predicted octanol–water partition coefficient (Wildman–Crippen LogP) is 1.80. The second-order valence-electron chi connectivity index (χ2n) is 4.26. The van der Waals surface area contributed by atoms with Crippen molar-refractivity contribution in [1.82, 2.24) is 15.1 Å². The second-order valence-corrected chi connectivity index (χ2v) is 4.26. The Morgan fingerprint density at radius 1 is 1.50 bits per heavy atom. The standard InChI is InChI=1S/C12H23N3O/c1-6-16-8-9(2)14-10(3)12-7-13-15(5)11(12)4/h7,9-10,14H,6,8H2,1-5H3. The average Bonchev–Trinajstić information content (AvgIpc) is 2.57. The molecule has 0 radical (unpaired) electrons. The molecule has 1 N–H and O–H groups in total. The van der Waals surface area contributed by atoms with Crippen LogP contribution in [-0.2, 0) is 11.8 Å². The Bertz CT molecular complexity index is 322. The van der Waals surface area contributed by atoms with Crippen LogP contribution in [0.5, 0.6) is 0 Å². The number of nitrogens with zero attached hydrogens (tertiary/aromatic N) is 2. The van der Waals surface area contributed by atoms with Crippen LogP contribution in [0.25, 0.3) is 0 Å². The third-order valence-electron chi connectivity index (χ3n) is 2.85. The van der Waals surface area contributed by atoms with E-state index in [9.17, 15) is 0 Å². The smallest absolute Gasteiger partial charge is 0.0616 e. The van der Waals surface area contributed by atoms with E-state index in [1.807, 2.05) is 24.9 Å². The highest BCUT2D eigenvalue weighted by molar-refractivity contribution is 5.19. The molecule has 2 unspecified atom stereocenters. The predicted molar refractivity (Wildman–Crippen MR) is 65.5 cm³/mol. The van der Waals surface area contributed by atoms with E-state index < -0.39 is 0 Å². The summed E-state index contributed by atoms with van der Waals surface area (Å²) < 4.78 is 7.29. The molecule has 0 saturated heterocycles. The van der Waals surface area contributed by atoms with Crippen LogP contribution in [-0.4, -0.2) is 29.0 Å². The molecule has 0 fully saturated rings. The lowest BCUT2D eigenvalue weighted by molar-refractivity contribution is 0.124. The molecule has 0 bridgehead atoms. The lowest BCUT2D eigenvalue weighted by atomic mass is 10.1. The summed E-state index contributed by atoms with van der Waals surface area (Å²) in [6.45, 7) is 9.92. The minimum absolute atomic E-state index is 0.309. The number of aryl methyl sites for hydroxylation is 1. The quantitative estimate of drug-likeness (QED) is 0.802. The van der Waals surface area contributed by atoms with Gasteiger partial charge < -0.3 is 10.1 Å². The Kier molecular flexibility index (Phi) is 4.96. The van der Waals surface area contributed by atoms with Gasteiger partial charge >= 0.3 is 0 Å². The zero-order chi connectivity index (χ0) is 12.1. The monoisotopic (exact) mass is 225 g/mol. The van der Waals surface area contributed by atoms with Gasteiger partial charge in [0.1, 0.15) is 0 Å². The van der Waals surface area contributed by atoms with Gasteiger partial charge in [-0.3, -0.25) is 4.68 Å². The second kappa shape index (κ2) is 6.01. The van der Waals surface area contributed by atoms with Gasteiger partial charge in [-0.2, -0.15) is 5.10 Å². The van der Waals surface area contributed by atoms with Crippen LogP contribution < -0.4 is 5.32 Å². The van der Waals surface area contributed by atoms with Gasteiger partial charge in [0.15, 0.2) is 0 Å². The molecular weight excluding hydrogens is 202 g/mol. The first-order chi connectivity index (χ1) is 7.56. The molecule has 0 aliphatic heterocycles. The lowest BCUT2D eigenvalue weighted by Crippen LogP contribution is -2.33. The van der Waals surface area contributed by atoms with E-state index in [4.69, 9.17) is 4.74 Å². The van der Waals surface area contributed by atoms with E-state index in [-0.39, 0.29) is 0 Å². The molecule has 4 nitrogen and oxygen atoms in total. The van der Waals surface area contributed by atoms with E-state index in [1.165, 1.54) is 11.3 Å². The minimum Gasteiger partial charge on any atom is -0.380 e. The maximum absolute atomic E-state index is 5.38. The van der Waals surface area contributed by atoms with Gasteiger partial charge in [-0.1, -0.05) is 0 Å². The number of ether oxygens (including phenoxy) is 1. The maximum atomic E-state index is 5.38. The highest BCUT2D eigenvalue weighted by Crippen LogP contribution is 2.16. The highest BCUT2D eigenvalue weighted by atomic mass is 16.5. The van der Waals surface area contributed by atoms with Crippen molar-refractivity contribution in [2.45, 2.75) is 39.8 Å². The van der Waals surface area contributed by atoms with Crippen LogP contribution in [0.1, 0.15) is 38.1 Å². The first-order valence-corrected chi connectivity index (χ1v) is 5.88. The van der Waals surface area contributed by atoms with Gasteiger partial charge in [0, 0.05) is 37.0 Å². The lowest BCUT2D eigenvalue weighted by Gasteiger charge is -2.19. The van der Waals surface area contributed by atoms with Gasteiger partial charge in [0.25, 0.3) is 0 Å². The molecule has 16 heavy (non-hydrogen) atoms. The van der Waals surface area contributed by atoms with Crippen LogP contribution in [0.15, 0.2) is 6.20 Å². The summed E-state index contributed by atoms with van der Waals surface area (Å²) in [6, 6.07) is 0.665. The number of nitrogens with one attached hydrogen (secondary N) is 1. The first kappa shape index (κ1) is 13.2. The molecule has 0 aliphatic carbocycles. The molecule has 1 heterocycles. The normalized spacial score (nSPS) is 15.1. The third-order valence-corrected chi connectivity index (χ3v) is 2.85. The third kappa shape index (κ3) is 3.32. The fourth-order valence-corrected chi connectivity index (χ4v) is 1.80. The summed E-state index contributed by atoms with van der Waals surface area (Å²) in [6.07, 6.45) is 1.93. The van der Waals surface area contributed by atoms with Crippen LogP contribution in [0.2, 0.25) is 0 Å². The Labute approximate surface area is 98.0 Å². The van der Waals surface area contributed by atoms with E-state index in [0.717, 1.165) is 13.2 Å².